The van der Waals surface area contributed by atoms with E-state index in [0.717, 1.165) is 6.07 Å². The highest BCUT2D eigenvalue weighted by Crippen LogP contribution is 2.26. The van der Waals surface area contributed by atoms with Crippen molar-refractivity contribution >= 4 is 38.5 Å². The number of hydrogen-bond acceptors (Lipinski definition) is 8. The first-order chi connectivity index (χ1) is 15.3. The van der Waals surface area contributed by atoms with E-state index in [1.807, 2.05) is 6.07 Å². The van der Waals surface area contributed by atoms with Gasteiger partial charge < -0.3 is 19.7 Å². The molecule has 2 heterocycles. The van der Waals surface area contributed by atoms with Crippen LogP contribution < -0.4 is 5.32 Å². The first-order valence-electron chi connectivity index (χ1n) is 9.37. The van der Waals surface area contributed by atoms with Crippen molar-refractivity contribution in [1.82, 2.24) is 9.46 Å². The molecule has 11 nitrogen and oxygen atoms in total. The molecular formula is C20H16N4O7S. The minimum atomic E-state index is -3.81. The third-order valence-electron chi connectivity index (χ3n) is 4.89. The summed E-state index contributed by atoms with van der Waals surface area (Å²) in [5, 5.41) is 24.7. The molecule has 0 aliphatic carbocycles. The number of aromatic carboxylic acids is 1. The quantitative estimate of drug-likeness (QED) is 0.581. The van der Waals surface area contributed by atoms with Gasteiger partial charge in [-0.1, -0.05) is 5.16 Å². The average Bonchev–Trinajstić information content (AvgIpc) is 3.23. The van der Waals surface area contributed by atoms with E-state index < -0.39 is 21.9 Å². The smallest absolute Gasteiger partial charge is 0.337 e. The van der Waals surface area contributed by atoms with Gasteiger partial charge in [0, 0.05) is 13.1 Å². The maximum atomic E-state index is 12.9. The van der Waals surface area contributed by atoms with Crippen LogP contribution in [0.1, 0.15) is 26.5 Å². The van der Waals surface area contributed by atoms with Crippen molar-refractivity contribution < 1.29 is 32.4 Å². The predicted octanol–water partition coefficient (Wildman–Crippen LogP) is 1.67. The fraction of sp³-hybridized carbons (Fsp3) is 0.200. The normalized spacial score (nSPS) is 14.7. The zero-order valence-corrected chi connectivity index (χ0v) is 17.3. The number of fused-ring (bicyclic) bond motifs is 1. The summed E-state index contributed by atoms with van der Waals surface area (Å²) in [6, 6.07) is 9.69. The van der Waals surface area contributed by atoms with Crippen molar-refractivity contribution in [1.29, 1.82) is 5.26 Å². The number of carbonyl (C=O) groups excluding carboxylic acids is 1. The number of amides is 1. The van der Waals surface area contributed by atoms with Crippen molar-refractivity contribution in [2.75, 3.05) is 31.6 Å². The van der Waals surface area contributed by atoms with E-state index in [9.17, 15) is 23.1 Å². The topological polar surface area (TPSA) is 163 Å². The molecule has 1 amide bonds. The first-order valence-corrected chi connectivity index (χ1v) is 10.8. The van der Waals surface area contributed by atoms with Gasteiger partial charge >= 0.3 is 5.97 Å². The van der Waals surface area contributed by atoms with E-state index in [1.165, 1.54) is 34.6 Å². The van der Waals surface area contributed by atoms with Crippen molar-refractivity contribution in [3.63, 3.8) is 0 Å². The van der Waals surface area contributed by atoms with Gasteiger partial charge in [-0.15, -0.1) is 0 Å². The standard InChI is InChI=1S/C20H16N4O7S/c21-11-12-1-3-16(15(9-12)20(26)27)22-19(25)18-14-10-13(2-4-17(14)23-31-18)32(28,29)24-5-7-30-8-6-24/h1-4,9-10H,5-8H2,(H,22,25)(H,26,27). The number of rotatable bonds is 5. The molecule has 1 saturated heterocycles. The molecule has 1 fully saturated rings. The Balaban J connectivity index is 1.68. The lowest BCUT2D eigenvalue weighted by atomic mass is 10.1. The molecule has 2 aromatic carbocycles. The summed E-state index contributed by atoms with van der Waals surface area (Å²) in [5.41, 5.74) is 0.0396. The number of carboxylic acid groups (broad SMARTS) is 1. The summed E-state index contributed by atoms with van der Waals surface area (Å²) in [4.78, 5) is 24.3. The molecule has 1 aromatic heterocycles. The molecule has 3 aromatic rings. The highest BCUT2D eigenvalue weighted by Gasteiger charge is 2.28. The van der Waals surface area contributed by atoms with Crippen LogP contribution >= 0.6 is 0 Å². The molecule has 2 N–H and O–H groups in total. The van der Waals surface area contributed by atoms with Crippen molar-refractivity contribution in [2.45, 2.75) is 4.90 Å². The highest BCUT2D eigenvalue weighted by molar-refractivity contribution is 7.89. The summed E-state index contributed by atoms with van der Waals surface area (Å²) in [6.45, 7) is 1.01. The number of nitrogens with one attached hydrogen (secondary N) is 1. The molecule has 0 saturated carbocycles. The second-order valence-electron chi connectivity index (χ2n) is 6.84. The number of sulfonamides is 1. The van der Waals surface area contributed by atoms with Crippen molar-refractivity contribution in [3.8, 4) is 6.07 Å². The van der Waals surface area contributed by atoms with Crippen molar-refractivity contribution in [2.24, 2.45) is 0 Å². The van der Waals surface area contributed by atoms with Gasteiger partial charge in [0.15, 0.2) is 0 Å². The Morgan fingerprint density at radius 2 is 1.91 bits per heavy atom. The van der Waals surface area contributed by atoms with Gasteiger partial charge in [0.05, 0.1) is 46.4 Å². The molecule has 32 heavy (non-hydrogen) atoms. The number of carbonyl (C=O) groups is 2. The lowest BCUT2D eigenvalue weighted by Gasteiger charge is -2.26. The summed E-state index contributed by atoms with van der Waals surface area (Å²) >= 11 is 0. The molecule has 1 aliphatic rings. The molecule has 164 valence electrons. The van der Waals surface area contributed by atoms with E-state index in [-0.39, 0.29) is 51.5 Å². The highest BCUT2D eigenvalue weighted by atomic mass is 32.2. The monoisotopic (exact) mass is 456 g/mol. The molecule has 4 rings (SSSR count). The van der Waals surface area contributed by atoms with Gasteiger partial charge in [-0.3, -0.25) is 4.79 Å². The van der Waals surface area contributed by atoms with Gasteiger partial charge in [-0.25, -0.2) is 13.2 Å². The van der Waals surface area contributed by atoms with Gasteiger partial charge in [0.25, 0.3) is 5.91 Å². The summed E-state index contributed by atoms with van der Waals surface area (Å²) in [7, 11) is -3.81. The zero-order chi connectivity index (χ0) is 22.9. The summed E-state index contributed by atoms with van der Waals surface area (Å²) < 4.78 is 37.5. The Morgan fingerprint density at radius 3 is 2.59 bits per heavy atom. The third kappa shape index (κ3) is 3.92. The van der Waals surface area contributed by atoms with Crippen LogP contribution in [0.15, 0.2) is 45.8 Å². The largest absolute Gasteiger partial charge is 0.478 e. The van der Waals surface area contributed by atoms with E-state index in [1.54, 1.807) is 0 Å². The third-order valence-corrected chi connectivity index (χ3v) is 6.78. The number of aromatic nitrogens is 1. The number of carboxylic acids is 1. The van der Waals surface area contributed by atoms with Crippen LogP contribution in [0, 0.1) is 11.3 Å². The van der Waals surface area contributed by atoms with Gasteiger partial charge in [-0.2, -0.15) is 9.57 Å². The van der Waals surface area contributed by atoms with Gasteiger partial charge in [-0.05, 0) is 36.4 Å². The van der Waals surface area contributed by atoms with E-state index in [2.05, 4.69) is 10.5 Å². The van der Waals surface area contributed by atoms with Crippen LogP contribution in [0.4, 0.5) is 5.69 Å². The van der Waals surface area contributed by atoms with Crippen LogP contribution in [-0.4, -0.2) is 61.2 Å². The molecular weight excluding hydrogens is 440 g/mol. The second kappa shape index (κ2) is 8.39. The second-order valence-corrected chi connectivity index (χ2v) is 8.78. The number of nitrogens with zero attached hydrogens (tertiary/aromatic N) is 3. The Kier molecular flexibility index (Phi) is 5.62. The fourth-order valence-corrected chi connectivity index (χ4v) is 4.69. The van der Waals surface area contributed by atoms with Crippen molar-refractivity contribution in [3.05, 3.63) is 53.3 Å². The maximum Gasteiger partial charge on any atom is 0.337 e. The molecule has 0 unspecified atom stereocenters. The SMILES string of the molecule is N#Cc1ccc(NC(=O)c2onc3ccc(S(=O)(=O)N4CCOCC4)cc23)c(C(=O)O)c1. The molecule has 1 aliphatic heterocycles. The number of ether oxygens (including phenoxy) is 1. The number of morpholine rings is 1. The summed E-state index contributed by atoms with van der Waals surface area (Å²) in [6.07, 6.45) is 0. The van der Waals surface area contributed by atoms with Crippen LogP contribution in [0.25, 0.3) is 10.9 Å². The molecule has 12 heteroatoms. The Hall–Kier alpha value is -3.79. The van der Waals surface area contributed by atoms with E-state index in [4.69, 9.17) is 14.5 Å². The predicted molar refractivity (Wildman–Crippen MR) is 110 cm³/mol. The Morgan fingerprint density at radius 1 is 1.16 bits per heavy atom. The number of nitriles is 1. The number of benzene rings is 2. The lowest BCUT2D eigenvalue weighted by Crippen LogP contribution is -2.40. The van der Waals surface area contributed by atoms with Gasteiger partial charge in [0.1, 0.15) is 5.52 Å². The fourth-order valence-electron chi connectivity index (χ4n) is 3.26. The first kappa shape index (κ1) is 21.4. The Labute approximate surface area is 181 Å². The molecule has 0 radical (unpaired) electrons. The van der Waals surface area contributed by atoms with E-state index >= 15 is 0 Å². The van der Waals surface area contributed by atoms with E-state index in [0.29, 0.717) is 13.2 Å². The maximum absolute atomic E-state index is 12.9. The molecule has 0 spiro atoms. The summed E-state index contributed by atoms with van der Waals surface area (Å²) in [5.74, 6) is -2.43. The average molecular weight is 456 g/mol. The number of hydrogen-bond donors (Lipinski definition) is 2. The zero-order valence-electron chi connectivity index (χ0n) is 16.4. The minimum absolute atomic E-state index is 0.0336. The Bertz CT molecular complexity index is 1370. The van der Waals surface area contributed by atoms with Gasteiger partial charge in [0.2, 0.25) is 15.8 Å². The molecule has 0 atom stereocenters. The minimum Gasteiger partial charge on any atom is -0.478 e. The number of anilines is 1. The van der Waals surface area contributed by atoms with Crippen LogP contribution in [0.3, 0.4) is 0 Å². The van der Waals surface area contributed by atoms with Crippen LogP contribution in [-0.2, 0) is 14.8 Å². The van der Waals surface area contributed by atoms with Crippen LogP contribution in [0.5, 0.6) is 0 Å². The molecule has 0 bridgehead atoms. The van der Waals surface area contributed by atoms with Crippen LogP contribution in [0.2, 0.25) is 0 Å². The lowest BCUT2D eigenvalue weighted by molar-refractivity contribution is 0.0698.